The number of hydrogen-bond donors (Lipinski definition) is 2. The quantitative estimate of drug-likeness (QED) is 0.863. The Hall–Kier alpha value is -1.30. The Balaban J connectivity index is 0.00000264. The van der Waals surface area contributed by atoms with Crippen LogP contribution >= 0.6 is 24.0 Å². The minimum absolute atomic E-state index is 0. The molecule has 23 heavy (non-hydrogen) atoms. The molecular formula is C16H23Cl2N3O2. The second-order valence-electron chi connectivity index (χ2n) is 5.75. The molecule has 1 aliphatic rings. The topological polar surface area (TPSA) is 61.4 Å². The zero-order valence-corrected chi connectivity index (χ0v) is 14.9. The predicted molar refractivity (Wildman–Crippen MR) is 94.2 cm³/mol. The molecule has 0 radical (unpaired) electrons. The molecule has 2 N–H and O–H groups in total. The van der Waals surface area contributed by atoms with Crippen LogP contribution in [0.25, 0.3) is 0 Å². The van der Waals surface area contributed by atoms with Gasteiger partial charge in [0.05, 0.1) is 10.6 Å². The lowest BCUT2D eigenvalue weighted by molar-refractivity contribution is -0.134. The largest absolute Gasteiger partial charge is 0.340 e. The van der Waals surface area contributed by atoms with Crippen LogP contribution in [-0.4, -0.2) is 48.9 Å². The van der Waals surface area contributed by atoms with Crippen molar-refractivity contribution in [2.45, 2.75) is 19.9 Å². The van der Waals surface area contributed by atoms with Gasteiger partial charge in [0.25, 0.3) is 5.91 Å². The molecule has 0 aliphatic carbocycles. The van der Waals surface area contributed by atoms with Gasteiger partial charge < -0.3 is 15.5 Å². The minimum atomic E-state index is -0.540. The van der Waals surface area contributed by atoms with Crippen LogP contribution in [0.4, 0.5) is 0 Å². The third-order valence-corrected chi connectivity index (χ3v) is 4.10. The third-order valence-electron chi connectivity index (χ3n) is 3.77. The molecule has 1 heterocycles. The molecule has 7 heteroatoms. The Kier molecular flexibility index (Phi) is 7.82. The maximum Gasteiger partial charge on any atom is 0.253 e. The smallest absolute Gasteiger partial charge is 0.253 e. The zero-order chi connectivity index (χ0) is 16.1. The maximum atomic E-state index is 12.6. The molecule has 1 aromatic rings. The first-order chi connectivity index (χ1) is 10.5. The van der Waals surface area contributed by atoms with Crippen LogP contribution in [0.1, 0.15) is 24.2 Å². The summed E-state index contributed by atoms with van der Waals surface area (Å²) >= 11 is 6.05. The van der Waals surface area contributed by atoms with Crippen LogP contribution in [0.3, 0.4) is 0 Å². The molecule has 0 bridgehead atoms. The van der Waals surface area contributed by atoms with Gasteiger partial charge in [0, 0.05) is 26.2 Å². The Labute approximate surface area is 148 Å². The summed E-state index contributed by atoms with van der Waals surface area (Å²) in [5.74, 6) is -0.335. The van der Waals surface area contributed by atoms with Crippen molar-refractivity contribution in [2.24, 2.45) is 5.92 Å². The fraction of sp³-hybridized carbons (Fsp3) is 0.500. The van der Waals surface area contributed by atoms with Crippen molar-refractivity contribution in [1.29, 1.82) is 0 Å². The summed E-state index contributed by atoms with van der Waals surface area (Å²) in [7, 11) is 0. The summed E-state index contributed by atoms with van der Waals surface area (Å²) in [6.45, 7) is 6.77. The SMILES string of the molecule is CC(C)C(NC(=O)c1ccccc1Cl)C(=O)N1CCNCC1.Cl. The lowest BCUT2D eigenvalue weighted by atomic mass is 10.0. The molecule has 0 aromatic heterocycles. The molecule has 1 fully saturated rings. The van der Waals surface area contributed by atoms with E-state index in [1.54, 1.807) is 29.2 Å². The summed E-state index contributed by atoms with van der Waals surface area (Å²) in [6, 6.07) is 6.30. The second-order valence-corrected chi connectivity index (χ2v) is 6.16. The lowest BCUT2D eigenvalue weighted by Gasteiger charge is -2.32. The monoisotopic (exact) mass is 359 g/mol. The van der Waals surface area contributed by atoms with Gasteiger partial charge in [0.2, 0.25) is 5.91 Å². The van der Waals surface area contributed by atoms with Gasteiger partial charge in [-0.15, -0.1) is 12.4 Å². The van der Waals surface area contributed by atoms with Crippen molar-refractivity contribution < 1.29 is 9.59 Å². The minimum Gasteiger partial charge on any atom is -0.340 e. The number of carbonyl (C=O) groups is 2. The Morgan fingerprint density at radius 2 is 1.83 bits per heavy atom. The summed E-state index contributed by atoms with van der Waals surface area (Å²) in [6.07, 6.45) is 0. The normalized spacial score (nSPS) is 15.7. The second kappa shape index (κ2) is 9.11. The summed E-state index contributed by atoms with van der Waals surface area (Å²) in [5, 5.41) is 6.44. The van der Waals surface area contributed by atoms with E-state index >= 15 is 0 Å². The van der Waals surface area contributed by atoms with Crippen molar-refractivity contribution in [3.05, 3.63) is 34.9 Å². The van der Waals surface area contributed by atoms with E-state index in [-0.39, 0.29) is 30.1 Å². The first kappa shape index (κ1) is 19.7. The van der Waals surface area contributed by atoms with E-state index in [0.717, 1.165) is 13.1 Å². The maximum absolute atomic E-state index is 12.6. The van der Waals surface area contributed by atoms with Crippen molar-refractivity contribution in [1.82, 2.24) is 15.5 Å². The fourth-order valence-electron chi connectivity index (χ4n) is 2.46. The molecule has 1 saturated heterocycles. The van der Waals surface area contributed by atoms with Crippen LogP contribution in [-0.2, 0) is 4.79 Å². The van der Waals surface area contributed by atoms with Crippen LogP contribution < -0.4 is 10.6 Å². The number of piperazine rings is 1. The average Bonchev–Trinajstić information content (AvgIpc) is 2.52. The van der Waals surface area contributed by atoms with Crippen molar-refractivity contribution in [3.63, 3.8) is 0 Å². The molecule has 0 spiro atoms. The standard InChI is InChI=1S/C16H22ClN3O2.ClH/c1-11(2)14(16(22)20-9-7-18-8-10-20)19-15(21)12-5-3-4-6-13(12)17;/h3-6,11,14,18H,7-10H2,1-2H3,(H,19,21);1H. The number of nitrogens with one attached hydrogen (secondary N) is 2. The van der Waals surface area contributed by atoms with Gasteiger partial charge in [-0.25, -0.2) is 0 Å². The summed E-state index contributed by atoms with van der Waals surface area (Å²) in [4.78, 5) is 26.8. The van der Waals surface area contributed by atoms with Gasteiger partial charge in [-0.2, -0.15) is 0 Å². The Bertz CT molecular complexity index is 546. The number of benzene rings is 1. The van der Waals surface area contributed by atoms with Gasteiger partial charge in [-0.3, -0.25) is 9.59 Å². The Morgan fingerprint density at radius 1 is 1.22 bits per heavy atom. The molecular weight excluding hydrogens is 337 g/mol. The van der Waals surface area contributed by atoms with Crippen LogP contribution in [0.15, 0.2) is 24.3 Å². The van der Waals surface area contributed by atoms with Crippen molar-refractivity contribution in [3.8, 4) is 0 Å². The lowest BCUT2D eigenvalue weighted by Crippen LogP contribution is -2.55. The highest BCUT2D eigenvalue weighted by molar-refractivity contribution is 6.33. The molecule has 2 rings (SSSR count). The molecule has 0 saturated carbocycles. The van der Waals surface area contributed by atoms with Crippen molar-refractivity contribution in [2.75, 3.05) is 26.2 Å². The zero-order valence-electron chi connectivity index (χ0n) is 13.3. The number of amides is 2. The average molecular weight is 360 g/mol. The van der Waals surface area contributed by atoms with Crippen molar-refractivity contribution >= 4 is 35.8 Å². The van der Waals surface area contributed by atoms with E-state index in [9.17, 15) is 9.59 Å². The number of rotatable bonds is 4. The number of nitrogens with zero attached hydrogens (tertiary/aromatic N) is 1. The van der Waals surface area contributed by atoms with Gasteiger partial charge in [0.1, 0.15) is 6.04 Å². The highest BCUT2D eigenvalue weighted by Crippen LogP contribution is 2.16. The number of carbonyl (C=O) groups excluding carboxylic acids is 2. The van der Waals surface area contributed by atoms with Gasteiger partial charge in [-0.1, -0.05) is 37.6 Å². The first-order valence-corrected chi connectivity index (χ1v) is 7.93. The van der Waals surface area contributed by atoms with E-state index in [1.165, 1.54) is 0 Å². The Morgan fingerprint density at radius 3 is 2.39 bits per heavy atom. The molecule has 1 aliphatic heterocycles. The van der Waals surface area contributed by atoms with Crippen LogP contribution in [0.5, 0.6) is 0 Å². The van der Waals surface area contributed by atoms with Gasteiger partial charge >= 0.3 is 0 Å². The number of hydrogen-bond acceptors (Lipinski definition) is 3. The summed E-state index contributed by atoms with van der Waals surface area (Å²) in [5.41, 5.74) is 0.392. The molecule has 1 unspecified atom stereocenters. The third kappa shape index (κ3) is 5.09. The predicted octanol–water partition coefficient (Wildman–Crippen LogP) is 1.95. The van der Waals surface area contributed by atoms with Crippen LogP contribution in [0.2, 0.25) is 5.02 Å². The highest BCUT2D eigenvalue weighted by atomic mass is 35.5. The highest BCUT2D eigenvalue weighted by Gasteiger charge is 2.29. The summed E-state index contributed by atoms with van der Waals surface area (Å²) < 4.78 is 0. The van der Waals surface area contributed by atoms with E-state index < -0.39 is 6.04 Å². The molecule has 2 amide bonds. The van der Waals surface area contributed by atoms with E-state index in [2.05, 4.69) is 10.6 Å². The molecule has 1 aromatic carbocycles. The molecule has 1 atom stereocenters. The van der Waals surface area contributed by atoms with E-state index in [0.29, 0.717) is 23.7 Å². The van der Waals surface area contributed by atoms with E-state index in [1.807, 2.05) is 13.8 Å². The van der Waals surface area contributed by atoms with E-state index in [4.69, 9.17) is 11.6 Å². The number of halogens is 2. The molecule has 128 valence electrons. The fourth-order valence-corrected chi connectivity index (χ4v) is 2.68. The first-order valence-electron chi connectivity index (χ1n) is 7.55. The van der Waals surface area contributed by atoms with Crippen LogP contribution in [0, 0.1) is 5.92 Å². The van der Waals surface area contributed by atoms with Gasteiger partial charge in [0.15, 0.2) is 0 Å². The van der Waals surface area contributed by atoms with Gasteiger partial charge in [-0.05, 0) is 18.1 Å². The molecule has 5 nitrogen and oxygen atoms in total.